The Morgan fingerprint density at radius 2 is 0.765 bits per heavy atom. The summed E-state index contributed by atoms with van der Waals surface area (Å²) in [6.45, 7) is 10.0. The summed E-state index contributed by atoms with van der Waals surface area (Å²) >= 11 is 24.3. The second-order valence-corrected chi connectivity index (χ2v) is 13.1. The molecule has 0 amide bonds. The second kappa shape index (κ2) is 18.1. The number of allylic oxidation sites excluding steroid dienone is 2. The zero-order valence-electron chi connectivity index (χ0n) is 20.6. The van der Waals surface area contributed by atoms with Crippen LogP contribution in [0, 0.1) is 0 Å². The number of phosphoric ester groups is 2. The molecule has 0 aromatic carbocycles. The van der Waals surface area contributed by atoms with Crippen LogP contribution in [0.2, 0.25) is 0 Å². The van der Waals surface area contributed by atoms with Gasteiger partial charge in [0, 0.05) is 0 Å². The lowest BCUT2D eigenvalue weighted by Gasteiger charge is -2.24. The highest BCUT2D eigenvalue weighted by atomic mass is 35.5. The average molecular weight is 610 g/mol. The molecule has 0 aliphatic carbocycles. The van der Waals surface area contributed by atoms with Gasteiger partial charge in [-0.15, -0.1) is 46.4 Å². The van der Waals surface area contributed by atoms with Gasteiger partial charge < -0.3 is 9.05 Å². The van der Waals surface area contributed by atoms with Gasteiger partial charge in [-0.2, -0.15) is 0 Å². The second-order valence-electron chi connectivity index (χ2n) is 7.39. The van der Waals surface area contributed by atoms with E-state index in [4.69, 9.17) is 73.5 Å². The Balaban J connectivity index is 5.60. The molecule has 0 aliphatic rings. The number of hydrogen-bond donors (Lipinski definition) is 0. The summed E-state index contributed by atoms with van der Waals surface area (Å²) in [6.07, 6.45) is 2.34. The van der Waals surface area contributed by atoms with E-state index in [1.807, 2.05) is 27.7 Å². The molecule has 0 aromatic rings. The zero-order valence-corrected chi connectivity index (χ0v) is 25.5. The molecule has 0 aliphatic heterocycles. The normalized spacial score (nSPS) is 18.4. The van der Waals surface area contributed by atoms with Crippen molar-refractivity contribution in [2.75, 3.05) is 26.4 Å². The third-order valence-corrected chi connectivity index (χ3v) is 9.01. The first kappa shape index (κ1) is 34.8. The summed E-state index contributed by atoms with van der Waals surface area (Å²) in [6, 6.07) is 0. The molecule has 14 heteroatoms. The van der Waals surface area contributed by atoms with Crippen LogP contribution in [0.4, 0.5) is 0 Å². The predicted molar refractivity (Wildman–Crippen MR) is 139 cm³/mol. The van der Waals surface area contributed by atoms with Gasteiger partial charge in [0.1, 0.15) is 11.5 Å². The van der Waals surface area contributed by atoms with Crippen LogP contribution < -0.4 is 0 Å². The number of hydrogen-bond acceptors (Lipinski definition) is 8. The lowest BCUT2D eigenvalue weighted by atomic mass is 10.4. The standard InChI is InChI=1S/C20H38Cl4O8P2/c1-7-17(21)11-27-33(25,28-12-18(22)8-2)31-15(5)16(6)32-34(26,29-13-19(23)9-3)30-14-20(24)10-4/h17-20H,7-14H2,1-6H3/b16-15-/t17-,18-,19-,20+,34?/m1/s1. The van der Waals surface area contributed by atoms with E-state index in [1.54, 1.807) is 0 Å². The minimum Gasteiger partial charge on any atom is -0.405 e. The lowest BCUT2D eigenvalue weighted by molar-refractivity contribution is 0.117. The van der Waals surface area contributed by atoms with Crippen LogP contribution in [-0.2, 0) is 36.3 Å². The Labute approximate surface area is 224 Å². The van der Waals surface area contributed by atoms with Crippen LogP contribution in [0.5, 0.6) is 0 Å². The number of phosphoric acid groups is 2. The molecular weight excluding hydrogens is 572 g/mol. The van der Waals surface area contributed by atoms with Crippen LogP contribution in [-0.4, -0.2) is 47.9 Å². The third-order valence-electron chi connectivity index (χ3n) is 4.42. The van der Waals surface area contributed by atoms with Crippen LogP contribution in [0.1, 0.15) is 67.2 Å². The maximum Gasteiger partial charge on any atom is 0.529 e. The summed E-state index contributed by atoms with van der Waals surface area (Å²) in [4.78, 5) is 0. The van der Waals surface area contributed by atoms with Crippen molar-refractivity contribution in [3.05, 3.63) is 11.5 Å². The molecule has 34 heavy (non-hydrogen) atoms. The highest BCUT2D eigenvalue weighted by molar-refractivity contribution is 7.49. The quantitative estimate of drug-likeness (QED) is 0.0769. The molecule has 204 valence electrons. The van der Waals surface area contributed by atoms with Gasteiger partial charge in [-0.05, 0) is 39.5 Å². The summed E-state index contributed by atoms with van der Waals surface area (Å²) in [5.41, 5.74) is 0. The molecule has 0 rings (SSSR count). The van der Waals surface area contributed by atoms with E-state index in [2.05, 4.69) is 0 Å². The molecule has 0 saturated carbocycles. The number of rotatable bonds is 20. The Morgan fingerprint density at radius 1 is 0.559 bits per heavy atom. The Morgan fingerprint density at radius 3 is 0.941 bits per heavy atom. The van der Waals surface area contributed by atoms with Gasteiger partial charge in [0.2, 0.25) is 0 Å². The van der Waals surface area contributed by atoms with Crippen molar-refractivity contribution in [2.45, 2.75) is 88.7 Å². The van der Waals surface area contributed by atoms with Gasteiger partial charge in [-0.1, -0.05) is 27.7 Å². The van der Waals surface area contributed by atoms with E-state index in [9.17, 15) is 9.13 Å². The summed E-state index contributed by atoms with van der Waals surface area (Å²) in [5.74, 6) is -0.0336. The van der Waals surface area contributed by atoms with E-state index in [1.165, 1.54) is 13.8 Å². The van der Waals surface area contributed by atoms with E-state index >= 15 is 0 Å². The molecule has 0 aromatic heterocycles. The van der Waals surface area contributed by atoms with E-state index < -0.39 is 37.2 Å². The largest absolute Gasteiger partial charge is 0.529 e. The number of halogens is 4. The minimum atomic E-state index is -4.12. The highest BCUT2D eigenvalue weighted by Gasteiger charge is 2.34. The number of alkyl halides is 4. The van der Waals surface area contributed by atoms with E-state index in [-0.39, 0.29) is 37.9 Å². The lowest BCUT2D eigenvalue weighted by Crippen LogP contribution is -2.14. The summed E-state index contributed by atoms with van der Waals surface area (Å²) < 4.78 is 58.9. The first-order valence-electron chi connectivity index (χ1n) is 11.2. The van der Waals surface area contributed by atoms with Gasteiger partial charge in [-0.25, -0.2) is 9.13 Å². The van der Waals surface area contributed by atoms with E-state index in [0.29, 0.717) is 25.7 Å². The minimum absolute atomic E-state index is 0.0168. The molecule has 0 saturated heterocycles. The molecule has 0 radical (unpaired) electrons. The maximum atomic E-state index is 13.2. The van der Waals surface area contributed by atoms with Crippen molar-refractivity contribution in [3.8, 4) is 0 Å². The van der Waals surface area contributed by atoms with Crippen molar-refractivity contribution < 1.29 is 36.3 Å². The van der Waals surface area contributed by atoms with E-state index in [0.717, 1.165) is 0 Å². The summed E-state index contributed by atoms with van der Waals surface area (Å²) in [7, 11) is -8.24. The molecule has 0 fully saturated rings. The van der Waals surface area contributed by atoms with Crippen molar-refractivity contribution in [1.29, 1.82) is 0 Å². The van der Waals surface area contributed by atoms with Crippen molar-refractivity contribution in [3.63, 3.8) is 0 Å². The molecule has 8 nitrogen and oxygen atoms in total. The Bertz CT molecular complexity index is 605. The first-order chi connectivity index (χ1) is 15.8. The van der Waals surface area contributed by atoms with Gasteiger partial charge in [0.05, 0.1) is 47.9 Å². The van der Waals surface area contributed by atoms with Crippen molar-refractivity contribution >= 4 is 62.0 Å². The molecular formula is C20H38Cl4O8P2. The van der Waals surface area contributed by atoms with Gasteiger partial charge in [0.15, 0.2) is 0 Å². The molecule has 0 N–H and O–H groups in total. The highest BCUT2D eigenvalue weighted by Crippen LogP contribution is 2.55. The average Bonchev–Trinajstić information content (AvgIpc) is 2.82. The summed E-state index contributed by atoms with van der Waals surface area (Å²) in [5, 5.41) is -1.59. The fraction of sp³-hybridized carbons (Fsp3) is 0.900. The molecule has 5 atom stereocenters. The Kier molecular flexibility index (Phi) is 18.5. The van der Waals surface area contributed by atoms with Gasteiger partial charge in [-0.3, -0.25) is 18.1 Å². The third kappa shape index (κ3) is 15.1. The van der Waals surface area contributed by atoms with Gasteiger partial charge in [0.25, 0.3) is 0 Å². The predicted octanol–water partition coefficient (Wildman–Crippen LogP) is 8.62. The Hall–Kier alpha value is 0.800. The fourth-order valence-electron chi connectivity index (χ4n) is 1.80. The molecule has 0 bridgehead atoms. The molecule has 0 spiro atoms. The molecule has 0 heterocycles. The van der Waals surface area contributed by atoms with Crippen LogP contribution in [0.15, 0.2) is 11.5 Å². The van der Waals surface area contributed by atoms with Crippen LogP contribution >= 0.6 is 62.0 Å². The SMILES string of the molecule is CC[C@@H](Cl)COP(=O)(OC[C@H](Cl)CC)O/C(C)=C(/C)OP(=O)(OC[C@H](Cl)CC)OC[C@@H](Cl)CC. The topological polar surface area (TPSA) is 89.5 Å². The monoisotopic (exact) mass is 608 g/mol. The first-order valence-corrected chi connectivity index (χ1v) is 15.9. The van der Waals surface area contributed by atoms with Crippen LogP contribution in [0.3, 0.4) is 0 Å². The molecule has 1 unspecified atom stereocenters. The van der Waals surface area contributed by atoms with Crippen LogP contribution in [0.25, 0.3) is 0 Å². The van der Waals surface area contributed by atoms with Crippen molar-refractivity contribution in [1.82, 2.24) is 0 Å². The van der Waals surface area contributed by atoms with Crippen molar-refractivity contribution in [2.24, 2.45) is 0 Å². The maximum absolute atomic E-state index is 13.2. The van der Waals surface area contributed by atoms with Gasteiger partial charge >= 0.3 is 15.6 Å². The fourth-order valence-corrected chi connectivity index (χ4v) is 5.15. The zero-order chi connectivity index (χ0) is 26.4. The smallest absolute Gasteiger partial charge is 0.405 e.